The summed E-state index contributed by atoms with van der Waals surface area (Å²) in [5.41, 5.74) is 0.912. The Balaban J connectivity index is 1.85. The summed E-state index contributed by atoms with van der Waals surface area (Å²) in [5, 5.41) is 24.1. The van der Waals surface area contributed by atoms with E-state index < -0.39 is 17.6 Å². The van der Waals surface area contributed by atoms with Crippen LogP contribution in [0.2, 0.25) is 0 Å². The van der Waals surface area contributed by atoms with Crippen LogP contribution in [0.5, 0.6) is 0 Å². The smallest absolute Gasteiger partial charge is 0.314 e. The third kappa shape index (κ3) is 3.27. The number of fused-ring (bicyclic) bond motifs is 1. The van der Waals surface area contributed by atoms with Gasteiger partial charge in [-0.1, -0.05) is 24.3 Å². The number of hydrogen-bond acceptors (Lipinski definition) is 3. The molecule has 0 radical (unpaired) electrons. The molecule has 108 valence electrons. The third-order valence-corrected chi connectivity index (χ3v) is 3.49. The van der Waals surface area contributed by atoms with Crippen LogP contribution < -0.4 is 10.6 Å². The van der Waals surface area contributed by atoms with Crippen LogP contribution in [0, 0.1) is 0 Å². The Morgan fingerprint density at radius 2 is 2.00 bits per heavy atom. The molecule has 6 heteroatoms. The van der Waals surface area contributed by atoms with Gasteiger partial charge in [-0.05, 0) is 24.0 Å². The number of nitrogens with one attached hydrogen (secondary N) is 2. The van der Waals surface area contributed by atoms with Gasteiger partial charge in [0.15, 0.2) is 0 Å². The zero-order valence-corrected chi connectivity index (χ0v) is 11.1. The zero-order valence-electron chi connectivity index (χ0n) is 11.1. The van der Waals surface area contributed by atoms with Gasteiger partial charge < -0.3 is 20.8 Å². The number of hydrogen-bond donors (Lipinski definition) is 4. The maximum Gasteiger partial charge on any atom is 0.314 e. The van der Waals surface area contributed by atoms with E-state index in [9.17, 15) is 14.7 Å². The highest BCUT2D eigenvalue weighted by molar-refractivity contribution is 5.75. The lowest BCUT2D eigenvalue weighted by Crippen LogP contribution is -2.44. The van der Waals surface area contributed by atoms with Crippen molar-refractivity contribution in [1.29, 1.82) is 0 Å². The number of carboxylic acids is 1. The fraction of sp³-hybridized carbons (Fsp3) is 0.429. The molecule has 20 heavy (non-hydrogen) atoms. The van der Waals surface area contributed by atoms with E-state index in [1.165, 1.54) is 0 Å². The summed E-state index contributed by atoms with van der Waals surface area (Å²) < 4.78 is 0. The molecule has 1 aliphatic rings. The van der Waals surface area contributed by atoms with Gasteiger partial charge in [-0.15, -0.1) is 0 Å². The van der Waals surface area contributed by atoms with Crippen LogP contribution in [0.25, 0.3) is 0 Å². The van der Waals surface area contributed by atoms with E-state index in [-0.39, 0.29) is 19.5 Å². The van der Waals surface area contributed by atoms with Crippen molar-refractivity contribution in [1.82, 2.24) is 10.6 Å². The van der Waals surface area contributed by atoms with Crippen molar-refractivity contribution in [2.45, 2.75) is 24.9 Å². The highest BCUT2D eigenvalue weighted by atomic mass is 16.4. The Hall–Kier alpha value is -2.08. The molecule has 2 amide bonds. The maximum atomic E-state index is 11.5. The minimum atomic E-state index is -1.04. The van der Waals surface area contributed by atoms with Gasteiger partial charge in [-0.25, -0.2) is 4.79 Å². The Labute approximate surface area is 116 Å². The molecule has 0 heterocycles. The van der Waals surface area contributed by atoms with Crippen LogP contribution in [0.4, 0.5) is 4.79 Å². The van der Waals surface area contributed by atoms with E-state index in [0.29, 0.717) is 6.42 Å². The first-order chi connectivity index (χ1) is 9.51. The van der Waals surface area contributed by atoms with Gasteiger partial charge in [-0.2, -0.15) is 0 Å². The largest absolute Gasteiger partial charge is 0.481 e. The zero-order chi connectivity index (χ0) is 14.6. The molecule has 0 aromatic heterocycles. The summed E-state index contributed by atoms with van der Waals surface area (Å²) in [4.78, 5) is 21.8. The fourth-order valence-electron chi connectivity index (χ4n) is 2.42. The van der Waals surface area contributed by atoms with Gasteiger partial charge in [0.2, 0.25) is 0 Å². The number of carbonyl (C=O) groups is 2. The third-order valence-electron chi connectivity index (χ3n) is 3.49. The van der Waals surface area contributed by atoms with Crippen LogP contribution >= 0.6 is 0 Å². The molecular formula is C14H18N2O4. The minimum absolute atomic E-state index is 0.0657. The summed E-state index contributed by atoms with van der Waals surface area (Å²) >= 11 is 0. The molecule has 0 bridgehead atoms. The Morgan fingerprint density at radius 1 is 1.25 bits per heavy atom. The molecule has 0 spiro atoms. The van der Waals surface area contributed by atoms with Crippen LogP contribution in [0.15, 0.2) is 24.3 Å². The van der Waals surface area contributed by atoms with Crippen molar-refractivity contribution < 1.29 is 19.8 Å². The number of benzene rings is 1. The number of carboxylic acid groups (broad SMARTS) is 1. The number of carbonyl (C=O) groups excluding carboxylic acids is 1. The molecular weight excluding hydrogens is 260 g/mol. The lowest BCUT2D eigenvalue weighted by Gasteiger charge is -2.24. The lowest BCUT2D eigenvalue weighted by molar-refractivity contribution is -0.136. The normalized spacial score (nSPS) is 20.2. The van der Waals surface area contributed by atoms with E-state index in [2.05, 4.69) is 10.6 Å². The Bertz CT molecular complexity index is 518. The predicted molar refractivity (Wildman–Crippen MR) is 72.3 cm³/mol. The molecule has 4 N–H and O–H groups in total. The van der Waals surface area contributed by atoms with Crippen molar-refractivity contribution >= 4 is 12.0 Å². The van der Waals surface area contributed by atoms with Crippen LogP contribution in [-0.4, -0.2) is 35.3 Å². The lowest BCUT2D eigenvalue weighted by atomic mass is 9.96. The first kappa shape index (κ1) is 14.3. The topological polar surface area (TPSA) is 98.7 Å². The first-order valence-electron chi connectivity index (χ1n) is 6.55. The molecule has 1 atom stereocenters. The van der Waals surface area contributed by atoms with Crippen molar-refractivity contribution in [2.75, 3.05) is 13.1 Å². The molecule has 1 unspecified atom stereocenters. The quantitative estimate of drug-likeness (QED) is 0.633. The Kier molecular flexibility index (Phi) is 4.24. The number of amides is 2. The molecule has 0 saturated heterocycles. The van der Waals surface area contributed by atoms with Gasteiger partial charge in [-0.3, -0.25) is 4.79 Å². The van der Waals surface area contributed by atoms with Crippen molar-refractivity contribution in [3.05, 3.63) is 35.4 Å². The highest BCUT2D eigenvalue weighted by Gasteiger charge is 2.36. The average Bonchev–Trinajstić information content (AvgIpc) is 2.75. The van der Waals surface area contributed by atoms with E-state index in [1.807, 2.05) is 24.3 Å². The molecule has 1 aliphatic carbocycles. The monoisotopic (exact) mass is 278 g/mol. The van der Waals surface area contributed by atoms with Gasteiger partial charge >= 0.3 is 12.0 Å². The highest BCUT2D eigenvalue weighted by Crippen LogP contribution is 2.35. The second-order valence-electron chi connectivity index (χ2n) is 4.94. The average molecular weight is 278 g/mol. The summed E-state index contributed by atoms with van der Waals surface area (Å²) in [7, 11) is 0. The molecule has 6 nitrogen and oxygen atoms in total. The van der Waals surface area contributed by atoms with E-state index >= 15 is 0 Å². The van der Waals surface area contributed by atoms with Crippen LogP contribution in [-0.2, 0) is 16.8 Å². The molecule has 0 aliphatic heterocycles. The second-order valence-corrected chi connectivity index (χ2v) is 4.94. The molecule has 2 rings (SSSR count). The molecule has 1 aromatic carbocycles. The number of aliphatic hydroxyl groups is 1. The fourth-order valence-corrected chi connectivity index (χ4v) is 2.42. The van der Waals surface area contributed by atoms with Crippen molar-refractivity contribution in [3.8, 4) is 0 Å². The van der Waals surface area contributed by atoms with E-state index in [1.54, 1.807) is 0 Å². The van der Waals surface area contributed by atoms with Gasteiger partial charge in [0.25, 0.3) is 0 Å². The summed E-state index contributed by atoms with van der Waals surface area (Å²) in [6, 6.07) is 7.16. The van der Waals surface area contributed by atoms with Crippen molar-refractivity contribution in [2.24, 2.45) is 0 Å². The first-order valence-corrected chi connectivity index (χ1v) is 6.55. The van der Waals surface area contributed by atoms with Crippen molar-refractivity contribution in [3.63, 3.8) is 0 Å². The summed E-state index contributed by atoms with van der Waals surface area (Å²) in [6.07, 6.45) is 1.23. The number of aryl methyl sites for hydroxylation is 1. The van der Waals surface area contributed by atoms with Gasteiger partial charge in [0.1, 0.15) is 5.60 Å². The molecule has 0 saturated carbocycles. The van der Waals surface area contributed by atoms with E-state index in [4.69, 9.17) is 5.11 Å². The summed E-state index contributed by atoms with van der Waals surface area (Å²) in [5.74, 6) is -0.964. The van der Waals surface area contributed by atoms with Gasteiger partial charge in [0.05, 0.1) is 13.0 Å². The van der Waals surface area contributed by atoms with Crippen LogP contribution in [0.3, 0.4) is 0 Å². The second kappa shape index (κ2) is 5.92. The standard InChI is InChI=1S/C14H18N2O4/c17-12(18)6-8-15-13(19)16-9-14(20)7-5-10-3-1-2-4-11(10)14/h1-4,20H,5-9H2,(H,17,18)(H2,15,16,19). The van der Waals surface area contributed by atoms with E-state index in [0.717, 1.165) is 17.5 Å². The molecule has 0 fully saturated rings. The number of urea groups is 1. The summed E-state index contributed by atoms with van der Waals surface area (Å²) in [6.45, 7) is 0.180. The predicted octanol–water partition coefficient (Wildman–Crippen LogP) is 0.594. The minimum Gasteiger partial charge on any atom is -0.481 e. The van der Waals surface area contributed by atoms with Crippen LogP contribution in [0.1, 0.15) is 24.0 Å². The number of aliphatic carboxylic acids is 1. The van der Waals surface area contributed by atoms with Gasteiger partial charge in [0, 0.05) is 6.54 Å². The Morgan fingerprint density at radius 3 is 2.75 bits per heavy atom. The SMILES string of the molecule is O=C(O)CCNC(=O)NCC1(O)CCc2ccccc21. The number of rotatable bonds is 5. The maximum absolute atomic E-state index is 11.5. The molecule has 1 aromatic rings.